The molecule has 0 aromatic heterocycles. The van der Waals surface area contributed by atoms with Crippen molar-refractivity contribution in [2.24, 2.45) is 0 Å². The third kappa shape index (κ3) is 3.09. The topological polar surface area (TPSA) is 50.4 Å². The van der Waals surface area contributed by atoms with Crippen molar-refractivity contribution >= 4 is 11.6 Å². The Morgan fingerprint density at radius 3 is 2.67 bits per heavy atom. The summed E-state index contributed by atoms with van der Waals surface area (Å²) in [4.78, 5) is 11.8. The highest BCUT2D eigenvalue weighted by Crippen LogP contribution is 2.18. The van der Waals surface area contributed by atoms with Gasteiger partial charge in [0.25, 0.3) is 5.91 Å². The quantitative estimate of drug-likeness (QED) is 0.857. The lowest BCUT2D eigenvalue weighted by Crippen LogP contribution is -2.26. The second-order valence-electron chi connectivity index (χ2n) is 4.62. The highest BCUT2D eigenvalue weighted by atomic mass is 16.5. The maximum Gasteiger partial charge on any atom is 0.253 e. The summed E-state index contributed by atoms with van der Waals surface area (Å²) in [6.45, 7) is 2.79. The van der Waals surface area contributed by atoms with E-state index in [9.17, 15) is 4.79 Å². The monoisotopic (exact) mass is 248 g/mol. The molecule has 1 fully saturated rings. The second-order valence-corrected chi connectivity index (χ2v) is 4.62. The lowest BCUT2D eigenvalue weighted by molar-refractivity contribution is -0.124. The Kier molecular flexibility index (Phi) is 4.33. The molecule has 98 valence electrons. The smallest absolute Gasteiger partial charge is 0.253 e. The molecule has 4 nitrogen and oxygen atoms in total. The predicted molar refractivity (Wildman–Crippen MR) is 71.5 cm³/mol. The van der Waals surface area contributed by atoms with Crippen LogP contribution in [0.4, 0.5) is 5.69 Å². The molecular weight excluding hydrogens is 228 g/mol. The highest BCUT2D eigenvalue weighted by Gasteiger charge is 2.23. The van der Waals surface area contributed by atoms with Crippen LogP contribution >= 0.6 is 0 Å². The van der Waals surface area contributed by atoms with E-state index in [4.69, 9.17) is 4.74 Å². The van der Waals surface area contributed by atoms with E-state index in [1.54, 1.807) is 0 Å². The summed E-state index contributed by atoms with van der Waals surface area (Å²) in [5.41, 5.74) is 2.02. The fourth-order valence-electron chi connectivity index (χ4n) is 2.03. The predicted octanol–water partition coefficient (Wildman–Crippen LogP) is 2.08. The van der Waals surface area contributed by atoms with E-state index in [1.807, 2.05) is 31.3 Å². The first kappa shape index (κ1) is 13.1. The lowest BCUT2D eigenvalue weighted by atomic mass is 10.1. The Morgan fingerprint density at radius 1 is 1.39 bits per heavy atom. The molecule has 0 radical (unpaired) electrons. The van der Waals surface area contributed by atoms with Gasteiger partial charge in [-0.2, -0.15) is 0 Å². The Hall–Kier alpha value is -1.39. The van der Waals surface area contributed by atoms with Crippen LogP contribution in [-0.4, -0.2) is 25.7 Å². The van der Waals surface area contributed by atoms with Gasteiger partial charge in [0.15, 0.2) is 0 Å². The van der Waals surface area contributed by atoms with Crippen molar-refractivity contribution in [1.82, 2.24) is 5.32 Å². The molecule has 1 heterocycles. The van der Waals surface area contributed by atoms with E-state index in [2.05, 4.69) is 17.6 Å². The molecule has 2 atom stereocenters. The van der Waals surface area contributed by atoms with Gasteiger partial charge in [-0.25, -0.2) is 0 Å². The van der Waals surface area contributed by atoms with E-state index in [0.717, 1.165) is 18.5 Å². The van der Waals surface area contributed by atoms with Crippen LogP contribution in [0.2, 0.25) is 0 Å². The maximum atomic E-state index is 11.8. The summed E-state index contributed by atoms with van der Waals surface area (Å²) in [6.07, 6.45) is 1.51. The van der Waals surface area contributed by atoms with E-state index >= 15 is 0 Å². The number of hydrogen-bond donors (Lipinski definition) is 2. The van der Waals surface area contributed by atoms with E-state index in [1.165, 1.54) is 5.56 Å². The first-order valence-electron chi connectivity index (χ1n) is 6.40. The second kappa shape index (κ2) is 5.98. The highest BCUT2D eigenvalue weighted by molar-refractivity contribution is 5.94. The van der Waals surface area contributed by atoms with Crippen molar-refractivity contribution in [2.75, 3.05) is 19.0 Å². The number of rotatable bonds is 4. The van der Waals surface area contributed by atoms with Gasteiger partial charge in [-0.05, 0) is 44.5 Å². The number of benzene rings is 1. The standard InChI is InChI=1S/C14H20N2O2/c1-10(15-2)11-5-7-12(8-6-11)16-14(17)13-4-3-9-18-13/h5-8,10,13,15H,3-4,9H2,1-2H3,(H,16,17). The fourth-order valence-corrected chi connectivity index (χ4v) is 2.03. The molecule has 1 aromatic rings. The summed E-state index contributed by atoms with van der Waals surface area (Å²) in [5, 5.41) is 6.06. The average Bonchev–Trinajstić information content (AvgIpc) is 2.92. The zero-order chi connectivity index (χ0) is 13.0. The van der Waals surface area contributed by atoms with Gasteiger partial charge >= 0.3 is 0 Å². The fraction of sp³-hybridized carbons (Fsp3) is 0.500. The third-order valence-electron chi connectivity index (χ3n) is 3.33. The van der Waals surface area contributed by atoms with Gasteiger partial charge < -0.3 is 15.4 Å². The molecule has 0 spiro atoms. The molecular formula is C14H20N2O2. The SMILES string of the molecule is CNC(C)c1ccc(NC(=O)C2CCCO2)cc1. The molecule has 1 aliphatic heterocycles. The molecule has 0 bridgehead atoms. The van der Waals surface area contributed by atoms with Crippen LogP contribution in [0.15, 0.2) is 24.3 Å². The number of amides is 1. The van der Waals surface area contributed by atoms with Gasteiger partial charge in [-0.15, -0.1) is 0 Å². The van der Waals surface area contributed by atoms with Crippen LogP contribution in [0.25, 0.3) is 0 Å². The zero-order valence-electron chi connectivity index (χ0n) is 10.9. The number of anilines is 1. The van der Waals surface area contributed by atoms with Gasteiger partial charge in [0.1, 0.15) is 6.10 Å². The summed E-state index contributed by atoms with van der Waals surface area (Å²) in [6, 6.07) is 8.21. The Morgan fingerprint density at radius 2 is 2.11 bits per heavy atom. The summed E-state index contributed by atoms with van der Waals surface area (Å²) >= 11 is 0. The first-order chi connectivity index (χ1) is 8.70. The average molecular weight is 248 g/mol. The van der Waals surface area contributed by atoms with E-state index < -0.39 is 0 Å². The number of carbonyl (C=O) groups is 1. The number of carbonyl (C=O) groups excluding carboxylic acids is 1. The van der Waals surface area contributed by atoms with Gasteiger partial charge in [0.05, 0.1) is 0 Å². The summed E-state index contributed by atoms with van der Waals surface area (Å²) in [5.74, 6) is -0.0399. The number of ether oxygens (including phenoxy) is 1. The van der Waals surface area contributed by atoms with Crippen LogP contribution in [0.5, 0.6) is 0 Å². The molecule has 2 rings (SSSR count). The van der Waals surface area contributed by atoms with Gasteiger partial charge in [0, 0.05) is 18.3 Å². The van der Waals surface area contributed by atoms with E-state index in [0.29, 0.717) is 12.6 Å². The lowest BCUT2D eigenvalue weighted by Gasteiger charge is -2.13. The van der Waals surface area contributed by atoms with Gasteiger partial charge in [0.2, 0.25) is 0 Å². The molecule has 1 amide bonds. The Labute approximate surface area is 108 Å². The van der Waals surface area contributed by atoms with Gasteiger partial charge in [-0.1, -0.05) is 12.1 Å². The Bertz CT molecular complexity index is 397. The minimum atomic E-state index is -0.277. The van der Waals surface area contributed by atoms with Crippen molar-refractivity contribution in [3.05, 3.63) is 29.8 Å². The van der Waals surface area contributed by atoms with Crippen LogP contribution in [0.3, 0.4) is 0 Å². The van der Waals surface area contributed by atoms with Crippen LogP contribution < -0.4 is 10.6 Å². The molecule has 1 aliphatic rings. The molecule has 1 saturated heterocycles. The summed E-state index contributed by atoms with van der Waals surface area (Å²) in [7, 11) is 1.93. The minimum absolute atomic E-state index is 0.0399. The molecule has 1 aromatic carbocycles. The normalized spacial score (nSPS) is 20.7. The molecule has 0 aliphatic carbocycles. The molecule has 0 saturated carbocycles. The minimum Gasteiger partial charge on any atom is -0.368 e. The van der Waals surface area contributed by atoms with Gasteiger partial charge in [-0.3, -0.25) is 4.79 Å². The molecule has 4 heteroatoms. The largest absolute Gasteiger partial charge is 0.368 e. The van der Waals surface area contributed by atoms with Crippen LogP contribution in [0.1, 0.15) is 31.4 Å². The van der Waals surface area contributed by atoms with Crippen molar-refractivity contribution in [3.63, 3.8) is 0 Å². The van der Waals surface area contributed by atoms with Crippen molar-refractivity contribution in [1.29, 1.82) is 0 Å². The summed E-state index contributed by atoms with van der Waals surface area (Å²) < 4.78 is 5.34. The van der Waals surface area contributed by atoms with E-state index in [-0.39, 0.29) is 12.0 Å². The van der Waals surface area contributed by atoms with Crippen LogP contribution in [0, 0.1) is 0 Å². The maximum absolute atomic E-state index is 11.8. The van der Waals surface area contributed by atoms with Crippen molar-refractivity contribution in [3.8, 4) is 0 Å². The number of hydrogen-bond acceptors (Lipinski definition) is 3. The molecule has 2 N–H and O–H groups in total. The zero-order valence-corrected chi connectivity index (χ0v) is 10.9. The van der Waals surface area contributed by atoms with Crippen LogP contribution in [-0.2, 0) is 9.53 Å². The molecule has 2 unspecified atom stereocenters. The molecule has 18 heavy (non-hydrogen) atoms. The third-order valence-corrected chi connectivity index (χ3v) is 3.33. The Balaban J connectivity index is 1.95. The number of nitrogens with one attached hydrogen (secondary N) is 2. The van der Waals surface area contributed by atoms with Crippen molar-refractivity contribution < 1.29 is 9.53 Å². The van der Waals surface area contributed by atoms with Crippen molar-refractivity contribution in [2.45, 2.75) is 31.9 Å². The first-order valence-corrected chi connectivity index (χ1v) is 6.40.